The van der Waals surface area contributed by atoms with Crippen molar-refractivity contribution in [2.24, 2.45) is 5.73 Å². The number of amides is 1. The fourth-order valence-corrected chi connectivity index (χ4v) is 3.49. The van der Waals surface area contributed by atoms with Gasteiger partial charge in [-0.15, -0.1) is 0 Å². The highest BCUT2D eigenvalue weighted by Gasteiger charge is 2.30. The molecule has 3 rings (SSSR count). The molecule has 148 valence electrons. The number of likely N-dealkylation sites (tertiary alicyclic amines) is 1. The number of anilines is 1. The predicted molar refractivity (Wildman–Crippen MR) is 108 cm³/mol. The summed E-state index contributed by atoms with van der Waals surface area (Å²) in [5.74, 6) is -0.0502. The van der Waals surface area contributed by atoms with Gasteiger partial charge in [-0.2, -0.15) is 0 Å². The summed E-state index contributed by atoms with van der Waals surface area (Å²) < 4.78 is 5.96. The van der Waals surface area contributed by atoms with E-state index >= 15 is 0 Å². The summed E-state index contributed by atoms with van der Waals surface area (Å²) in [6.45, 7) is 4.55. The highest BCUT2D eigenvalue weighted by molar-refractivity contribution is 5.97. The average Bonchev–Trinajstić information content (AvgIpc) is 2.67. The Morgan fingerprint density at radius 2 is 2.04 bits per heavy atom. The molecule has 7 nitrogen and oxygen atoms in total. The molecule has 0 aliphatic carbocycles. The number of nitrogen functional groups attached to an aromatic ring is 1. The number of benzene rings is 2. The van der Waals surface area contributed by atoms with Gasteiger partial charge in [0.25, 0.3) is 5.91 Å². The number of piperidine rings is 1. The molecule has 0 aromatic heterocycles. The minimum absolute atomic E-state index is 0.0724. The first-order valence-electron chi connectivity index (χ1n) is 9.17. The van der Waals surface area contributed by atoms with Gasteiger partial charge in [0, 0.05) is 17.9 Å². The molecule has 1 heterocycles. The van der Waals surface area contributed by atoms with Crippen molar-refractivity contribution in [1.82, 2.24) is 4.90 Å². The van der Waals surface area contributed by atoms with Gasteiger partial charge >= 0.3 is 0 Å². The summed E-state index contributed by atoms with van der Waals surface area (Å²) in [7, 11) is 0. The number of hydrogen-bond donors (Lipinski definition) is 4. The second kappa shape index (κ2) is 8.12. The first kappa shape index (κ1) is 19.4. The number of nitrogens with zero attached hydrogens (tertiary/aromatic N) is 1. The van der Waals surface area contributed by atoms with Crippen molar-refractivity contribution in [2.75, 3.05) is 18.9 Å². The van der Waals surface area contributed by atoms with Crippen molar-refractivity contribution < 1.29 is 19.7 Å². The third-order valence-electron chi connectivity index (χ3n) is 4.91. The van der Waals surface area contributed by atoms with Crippen LogP contribution in [0.25, 0.3) is 5.70 Å². The molecule has 6 N–H and O–H groups in total. The van der Waals surface area contributed by atoms with Crippen molar-refractivity contribution in [1.29, 1.82) is 0 Å². The molecule has 1 amide bonds. The second-order valence-corrected chi connectivity index (χ2v) is 6.91. The Kier molecular flexibility index (Phi) is 5.63. The van der Waals surface area contributed by atoms with Crippen LogP contribution in [0, 0.1) is 0 Å². The first-order valence-corrected chi connectivity index (χ1v) is 9.17. The number of phenolic OH excluding ortho intramolecular Hbond substituents is 2. The van der Waals surface area contributed by atoms with Crippen LogP contribution in [0.3, 0.4) is 0 Å². The van der Waals surface area contributed by atoms with E-state index in [2.05, 4.69) is 6.58 Å². The van der Waals surface area contributed by atoms with E-state index in [1.54, 1.807) is 23.1 Å². The molecule has 1 atom stereocenters. The topological polar surface area (TPSA) is 122 Å². The Hall–Kier alpha value is -3.35. The molecule has 1 fully saturated rings. The fourth-order valence-electron chi connectivity index (χ4n) is 3.49. The SMILES string of the molecule is C=C(N)c1c(N)cccc1OC[C@H]1CCCCN1C(=O)c1cc(O)ccc1O. The lowest BCUT2D eigenvalue weighted by molar-refractivity contribution is 0.0525. The maximum atomic E-state index is 13.0. The molecular weight excluding hydrogens is 358 g/mol. The molecule has 1 aliphatic heterocycles. The van der Waals surface area contributed by atoms with Crippen molar-refractivity contribution in [3.05, 3.63) is 54.1 Å². The van der Waals surface area contributed by atoms with Crippen molar-refractivity contribution in [3.8, 4) is 17.2 Å². The second-order valence-electron chi connectivity index (χ2n) is 6.91. The molecule has 7 heteroatoms. The normalized spacial score (nSPS) is 16.6. The molecule has 0 spiro atoms. The van der Waals surface area contributed by atoms with Crippen molar-refractivity contribution >= 4 is 17.3 Å². The zero-order valence-corrected chi connectivity index (χ0v) is 15.6. The third kappa shape index (κ3) is 3.98. The Morgan fingerprint density at radius 1 is 1.25 bits per heavy atom. The van der Waals surface area contributed by atoms with Gasteiger partial charge < -0.3 is 31.3 Å². The first-order chi connectivity index (χ1) is 13.4. The van der Waals surface area contributed by atoms with Gasteiger partial charge in [-0.3, -0.25) is 4.79 Å². The van der Waals surface area contributed by atoms with Gasteiger partial charge in [0.1, 0.15) is 23.9 Å². The molecule has 0 unspecified atom stereocenters. The monoisotopic (exact) mass is 383 g/mol. The lowest BCUT2D eigenvalue weighted by Crippen LogP contribution is -2.46. The van der Waals surface area contributed by atoms with Crippen molar-refractivity contribution in [3.63, 3.8) is 0 Å². The van der Waals surface area contributed by atoms with E-state index < -0.39 is 0 Å². The number of hydrogen-bond acceptors (Lipinski definition) is 6. The van der Waals surface area contributed by atoms with Crippen LogP contribution in [0.2, 0.25) is 0 Å². The van der Waals surface area contributed by atoms with Gasteiger partial charge in [0.05, 0.1) is 17.2 Å². The van der Waals surface area contributed by atoms with Crippen LogP contribution in [0.5, 0.6) is 17.2 Å². The van der Waals surface area contributed by atoms with E-state index in [0.29, 0.717) is 29.2 Å². The molecule has 2 aromatic rings. The zero-order chi connectivity index (χ0) is 20.3. The summed E-state index contributed by atoms with van der Waals surface area (Å²) in [6.07, 6.45) is 2.61. The number of aromatic hydroxyl groups is 2. The highest BCUT2D eigenvalue weighted by atomic mass is 16.5. The molecule has 0 bridgehead atoms. The van der Waals surface area contributed by atoms with Crippen LogP contribution in [0.4, 0.5) is 5.69 Å². The molecule has 0 saturated carbocycles. The third-order valence-corrected chi connectivity index (χ3v) is 4.91. The van der Waals surface area contributed by atoms with E-state index in [1.807, 2.05) is 0 Å². The average molecular weight is 383 g/mol. The largest absolute Gasteiger partial charge is 0.508 e. The van der Waals surface area contributed by atoms with E-state index in [4.69, 9.17) is 16.2 Å². The summed E-state index contributed by atoms with van der Waals surface area (Å²) in [5, 5.41) is 19.7. The van der Waals surface area contributed by atoms with Gasteiger partial charge in [0.15, 0.2) is 0 Å². The van der Waals surface area contributed by atoms with Gasteiger partial charge in [-0.1, -0.05) is 12.6 Å². The van der Waals surface area contributed by atoms with Crippen LogP contribution in [0.15, 0.2) is 43.0 Å². The molecule has 28 heavy (non-hydrogen) atoms. The van der Waals surface area contributed by atoms with Crippen molar-refractivity contribution in [2.45, 2.75) is 25.3 Å². The Morgan fingerprint density at radius 3 is 2.79 bits per heavy atom. The maximum Gasteiger partial charge on any atom is 0.258 e. The van der Waals surface area contributed by atoms with Gasteiger partial charge in [0.2, 0.25) is 0 Å². The number of nitrogens with two attached hydrogens (primary N) is 2. The standard InChI is InChI=1S/C21H25N3O4/c1-13(22)20-17(23)6-4-7-19(20)28-12-14-5-2-3-10-24(14)21(27)16-11-15(25)8-9-18(16)26/h4,6-9,11,14,25-26H,1-3,5,10,12,22-23H2/t14-/m1/s1. The van der Waals surface area contributed by atoms with E-state index in [9.17, 15) is 15.0 Å². The summed E-state index contributed by atoms with van der Waals surface area (Å²) >= 11 is 0. The van der Waals surface area contributed by atoms with E-state index in [-0.39, 0.29) is 35.6 Å². The lowest BCUT2D eigenvalue weighted by atomic mass is 10.0. The predicted octanol–water partition coefficient (Wildman–Crippen LogP) is 2.68. The summed E-state index contributed by atoms with van der Waals surface area (Å²) in [6, 6.07) is 9.00. The summed E-state index contributed by atoms with van der Waals surface area (Å²) in [5.41, 5.74) is 13.2. The fraction of sp³-hybridized carbons (Fsp3) is 0.286. The molecule has 0 radical (unpaired) electrons. The number of carbonyl (C=O) groups excluding carboxylic acids is 1. The minimum Gasteiger partial charge on any atom is -0.508 e. The van der Waals surface area contributed by atoms with Gasteiger partial charge in [-0.05, 0) is 49.6 Å². The maximum absolute atomic E-state index is 13.0. The number of phenols is 2. The number of rotatable bonds is 5. The van der Waals surface area contributed by atoms with Crippen LogP contribution in [0.1, 0.15) is 35.2 Å². The van der Waals surface area contributed by atoms with Crippen LogP contribution in [-0.2, 0) is 0 Å². The molecule has 2 aromatic carbocycles. The Bertz CT molecular complexity index is 897. The zero-order valence-electron chi connectivity index (χ0n) is 15.6. The molecule has 1 saturated heterocycles. The summed E-state index contributed by atoms with van der Waals surface area (Å²) in [4.78, 5) is 14.7. The molecule has 1 aliphatic rings. The van der Waals surface area contributed by atoms with E-state index in [1.165, 1.54) is 18.2 Å². The smallest absolute Gasteiger partial charge is 0.258 e. The van der Waals surface area contributed by atoms with Crippen LogP contribution < -0.4 is 16.2 Å². The Labute approximate surface area is 163 Å². The van der Waals surface area contributed by atoms with Crippen LogP contribution in [-0.4, -0.2) is 40.2 Å². The number of carbonyl (C=O) groups is 1. The highest BCUT2D eigenvalue weighted by Crippen LogP contribution is 2.30. The van der Waals surface area contributed by atoms with Crippen LogP contribution >= 0.6 is 0 Å². The lowest BCUT2D eigenvalue weighted by Gasteiger charge is -2.36. The number of ether oxygens (including phenoxy) is 1. The minimum atomic E-state index is -0.335. The van der Waals surface area contributed by atoms with E-state index in [0.717, 1.165) is 19.3 Å². The Balaban J connectivity index is 1.79. The van der Waals surface area contributed by atoms with Gasteiger partial charge in [-0.25, -0.2) is 0 Å². The quantitative estimate of drug-likeness (QED) is 0.465. The molecular formula is C21H25N3O4.